The van der Waals surface area contributed by atoms with Crippen LogP contribution in [0.3, 0.4) is 0 Å². The first-order chi connectivity index (χ1) is 7.54. The standard InChI is InChI=1S/C13H19NO2/c1-4-9(2)8-16-13(15)11-6-5-10(3)12(14)7-11/h5-7,9H,4,8,14H2,1-3H3. The van der Waals surface area contributed by atoms with Crippen LogP contribution in [-0.4, -0.2) is 12.6 Å². The van der Waals surface area contributed by atoms with Crippen LogP contribution in [0.1, 0.15) is 36.2 Å². The predicted molar refractivity (Wildman–Crippen MR) is 65.3 cm³/mol. The Morgan fingerprint density at radius 1 is 1.50 bits per heavy atom. The number of rotatable bonds is 4. The molecule has 0 saturated heterocycles. The lowest BCUT2D eigenvalue weighted by Gasteiger charge is -2.10. The third-order valence-corrected chi connectivity index (χ3v) is 2.71. The molecule has 0 aliphatic heterocycles. The number of nitrogens with two attached hydrogens (primary N) is 1. The number of carbonyl (C=O) groups excluding carboxylic acids is 1. The lowest BCUT2D eigenvalue weighted by molar-refractivity contribution is 0.0447. The minimum Gasteiger partial charge on any atom is -0.462 e. The van der Waals surface area contributed by atoms with Gasteiger partial charge in [-0.1, -0.05) is 26.3 Å². The van der Waals surface area contributed by atoms with Crippen LogP contribution in [0.2, 0.25) is 0 Å². The zero-order valence-corrected chi connectivity index (χ0v) is 10.1. The lowest BCUT2D eigenvalue weighted by Crippen LogP contribution is -2.12. The molecule has 16 heavy (non-hydrogen) atoms. The van der Waals surface area contributed by atoms with Gasteiger partial charge in [0, 0.05) is 5.69 Å². The molecule has 0 amide bonds. The number of esters is 1. The van der Waals surface area contributed by atoms with Crippen molar-refractivity contribution in [2.75, 3.05) is 12.3 Å². The van der Waals surface area contributed by atoms with Crippen molar-refractivity contribution in [2.24, 2.45) is 5.92 Å². The fourth-order valence-electron chi connectivity index (χ4n) is 1.19. The van der Waals surface area contributed by atoms with Gasteiger partial charge in [0.25, 0.3) is 0 Å². The molecule has 0 fully saturated rings. The smallest absolute Gasteiger partial charge is 0.338 e. The summed E-state index contributed by atoms with van der Waals surface area (Å²) < 4.78 is 5.18. The monoisotopic (exact) mass is 221 g/mol. The van der Waals surface area contributed by atoms with Gasteiger partial charge >= 0.3 is 5.97 Å². The van der Waals surface area contributed by atoms with Crippen LogP contribution >= 0.6 is 0 Å². The minimum atomic E-state index is -0.299. The molecule has 3 heteroatoms. The Morgan fingerprint density at radius 3 is 2.75 bits per heavy atom. The van der Waals surface area contributed by atoms with E-state index in [1.807, 2.05) is 13.0 Å². The van der Waals surface area contributed by atoms with E-state index >= 15 is 0 Å². The van der Waals surface area contributed by atoms with Crippen molar-refractivity contribution >= 4 is 11.7 Å². The number of nitrogen functional groups attached to an aromatic ring is 1. The Hall–Kier alpha value is -1.51. The molecule has 3 nitrogen and oxygen atoms in total. The first-order valence-corrected chi connectivity index (χ1v) is 5.57. The van der Waals surface area contributed by atoms with Gasteiger partial charge in [0.05, 0.1) is 12.2 Å². The van der Waals surface area contributed by atoms with Crippen molar-refractivity contribution < 1.29 is 9.53 Å². The van der Waals surface area contributed by atoms with Crippen LogP contribution < -0.4 is 5.73 Å². The third-order valence-electron chi connectivity index (χ3n) is 2.71. The van der Waals surface area contributed by atoms with Crippen molar-refractivity contribution in [3.8, 4) is 0 Å². The van der Waals surface area contributed by atoms with Gasteiger partial charge in [-0.15, -0.1) is 0 Å². The number of aryl methyl sites for hydroxylation is 1. The fraction of sp³-hybridized carbons (Fsp3) is 0.462. The molecule has 0 aromatic heterocycles. The maximum Gasteiger partial charge on any atom is 0.338 e. The maximum absolute atomic E-state index is 11.7. The van der Waals surface area contributed by atoms with E-state index in [4.69, 9.17) is 10.5 Å². The molecule has 0 aliphatic carbocycles. The van der Waals surface area contributed by atoms with Gasteiger partial charge in [0.2, 0.25) is 0 Å². The summed E-state index contributed by atoms with van der Waals surface area (Å²) >= 11 is 0. The van der Waals surface area contributed by atoms with E-state index in [1.54, 1.807) is 12.1 Å². The topological polar surface area (TPSA) is 52.3 Å². The summed E-state index contributed by atoms with van der Waals surface area (Å²) in [6.45, 7) is 6.49. The largest absolute Gasteiger partial charge is 0.462 e. The average molecular weight is 221 g/mol. The number of ether oxygens (including phenoxy) is 1. The highest BCUT2D eigenvalue weighted by atomic mass is 16.5. The SMILES string of the molecule is CCC(C)COC(=O)c1ccc(C)c(N)c1. The van der Waals surface area contributed by atoms with Gasteiger partial charge in [0.15, 0.2) is 0 Å². The highest BCUT2D eigenvalue weighted by molar-refractivity contribution is 5.90. The van der Waals surface area contributed by atoms with Crippen molar-refractivity contribution in [2.45, 2.75) is 27.2 Å². The fourth-order valence-corrected chi connectivity index (χ4v) is 1.19. The summed E-state index contributed by atoms with van der Waals surface area (Å²) in [5.74, 6) is 0.0961. The molecular formula is C13H19NO2. The molecule has 0 heterocycles. The number of benzene rings is 1. The Bertz CT molecular complexity index is 374. The number of hydrogen-bond acceptors (Lipinski definition) is 3. The molecule has 0 saturated carbocycles. The van der Waals surface area contributed by atoms with E-state index in [0.717, 1.165) is 12.0 Å². The van der Waals surface area contributed by atoms with Crippen LogP contribution in [0.15, 0.2) is 18.2 Å². The molecule has 0 aliphatic rings. The normalized spacial score (nSPS) is 12.2. The van der Waals surface area contributed by atoms with Gasteiger partial charge in [-0.3, -0.25) is 0 Å². The van der Waals surface area contributed by atoms with Gasteiger partial charge in [-0.25, -0.2) is 4.79 Å². The quantitative estimate of drug-likeness (QED) is 0.628. The van der Waals surface area contributed by atoms with E-state index in [1.165, 1.54) is 0 Å². The Balaban J connectivity index is 2.63. The molecule has 1 aromatic rings. The van der Waals surface area contributed by atoms with Crippen LogP contribution in [0, 0.1) is 12.8 Å². The van der Waals surface area contributed by atoms with Crippen LogP contribution in [0.25, 0.3) is 0 Å². The van der Waals surface area contributed by atoms with Crippen LogP contribution in [-0.2, 0) is 4.74 Å². The van der Waals surface area contributed by atoms with Crippen molar-refractivity contribution in [3.05, 3.63) is 29.3 Å². The van der Waals surface area contributed by atoms with Gasteiger partial charge < -0.3 is 10.5 Å². The Morgan fingerprint density at radius 2 is 2.19 bits per heavy atom. The van der Waals surface area contributed by atoms with Crippen LogP contribution in [0.4, 0.5) is 5.69 Å². The van der Waals surface area contributed by atoms with E-state index in [-0.39, 0.29) is 5.97 Å². The molecule has 0 radical (unpaired) electrons. The molecule has 0 spiro atoms. The van der Waals surface area contributed by atoms with Crippen molar-refractivity contribution in [3.63, 3.8) is 0 Å². The number of anilines is 1. The summed E-state index contributed by atoms with van der Waals surface area (Å²) in [7, 11) is 0. The summed E-state index contributed by atoms with van der Waals surface area (Å²) in [5, 5.41) is 0. The third kappa shape index (κ3) is 3.26. The zero-order chi connectivity index (χ0) is 12.1. The molecule has 1 rings (SSSR count). The first-order valence-electron chi connectivity index (χ1n) is 5.57. The summed E-state index contributed by atoms with van der Waals surface area (Å²) in [6.07, 6.45) is 1.00. The summed E-state index contributed by atoms with van der Waals surface area (Å²) in [4.78, 5) is 11.7. The maximum atomic E-state index is 11.7. The second-order valence-corrected chi connectivity index (χ2v) is 4.18. The minimum absolute atomic E-state index is 0.299. The number of carbonyl (C=O) groups is 1. The summed E-state index contributed by atoms with van der Waals surface area (Å²) in [6, 6.07) is 5.23. The van der Waals surface area contributed by atoms with Gasteiger partial charge in [-0.05, 0) is 30.5 Å². The average Bonchev–Trinajstić information content (AvgIpc) is 2.29. The second kappa shape index (κ2) is 5.54. The van der Waals surface area contributed by atoms with E-state index < -0.39 is 0 Å². The highest BCUT2D eigenvalue weighted by Gasteiger charge is 2.09. The molecule has 1 aromatic carbocycles. The van der Waals surface area contributed by atoms with E-state index in [0.29, 0.717) is 23.8 Å². The first kappa shape index (κ1) is 12.6. The predicted octanol–water partition coefficient (Wildman–Crippen LogP) is 2.78. The van der Waals surface area contributed by atoms with E-state index in [2.05, 4.69) is 13.8 Å². The molecule has 2 N–H and O–H groups in total. The van der Waals surface area contributed by atoms with Gasteiger partial charge in [0.1, 0.15) is 0 Å². The Kier molecular flexibility index (Phi) is 4.35. The Labute approximate surface area is 96.6 Å². The molecule has 88 valence electrons. The lowest BCUT2D eigenvalue weighted by atomic mass is 10.1. The summed E-state index contributed by atoms with van der Waals surface area (Å²) in [5.41, 5.74) is 7.85. The van der Waals surface area contributed by atoms with Crippen LogP contribution in [0.5, 0.6) is 0 Å². The van der Waals surface area contributed by atoms with Crippen molar-refractivity contribution in [1.29, 1.82) is 0 Å². The molecular weight excluding hydrogens is 202 g/mol. The van der Waals surface area contributed by atoms with Crippen molar-refractivity contribution in [1.82, 2.24) is 0 Å². The second-order valence-electron chi connectivity index (χ2n) is 4.18. The van der Waals surface area contributed by atoms with Gasteiger partial charge in [-0.2, -0.15) is 0 Å². The molecule has 1 atom stereocenters. The molecule has 0 bridgehead atoms. The highest BCUT2D eigenvalue weighted by Crippen LogP contribution is 2.14. The number of hydrogen-bond donors (Lipinski definition) is 1. The molecule has 1 unspecified atom stereocenters. The zero-order valence-electron chi connectivity index (χ0n) is 10.1. The van der Waals surface area contributed by atoms with E-state index in [9.17, 15) is 4.79 Å².